The molecule has 0 N–H and O–H groups in total. The van der Waals surface area contributed by atoms with Crippen LogP contribution in [0.25, 0.3) is 0 Å². The van der Waals surface area contributed by atoms with Gasteiger partial charge in [0.25, 0.3) is 0 Å². The molecule has 3 nitrogen and oxygen atoms in total. The third kappa shape index (κ3) is 7.42. The van der Waals surface area contributed by atoms with Gasteiger partial charge < -0.3 is 9.47 Å². The molecule has 0 saturated carbocycles. The van der Waals surface area contributed by atoms with Crippen LogP contribution in [0.15, 0.2) is 42.6 Å². The van der Waals surface area contributed by atoms with E-state index in [1.54, 1.807) is 0 Å². The summed E-state index contributed by atoms with van der Waals surface area (Å²) in [6.45, 7) is 6.68. The molecule has 0 aliphatic rings. The second-order valence-electron chi connectivity index (χ2n) is 7.24. The fraction of sp³-hybridized carbons (Fsp3) is 0.522. The fourth-order valence-electron chi connectivity index (χ4n) is 3.30. The Bertz CT molecular complexity index is 695. The van der Waals surface area contributed by atoms with E-state index >= 15 is 0 Å². The van der Waals surface area contributed by atoms with Gasteiger partial charge in [0.15, 0.2) is 0 Å². The van der Waals surface area contributed by atoms with E-state index in [1.165, 1.54) is 24.1 Å². The molecule has 1 aromatic heterocycles. The molecule has 1 aromatic carbocycles. The molecule has 1 heterocycles. The van der Waals surface area contributed by atoms with Gasteiger partial charge in [-0.3, -0.25) is 4.79 Å². The van der Waals surface area contributed by atoms with Crippen molar-refractivity contribution >= 4 is 17.5 Å². The van der Waals surface area contributed by atoms with Crippen LogP contribution in [-0.2, 0) is 17.9 Å². The van der Waals surface area contributed by atoms with Crippen molar-refractivity contribution in [3.05, 3.63) is 58.9 Å². The van der Waals surface area contributed by atoms with E-state index in [0.717, 1.165) is 43.8 Å². The van der Waals surface area contributed by atoms with Gasteiger partial charge in [-0.25, -0.2) is 0 Å². The quantitative estimate of drug-likeness (QED) is 0.392. The van der Waals surface area contributed by atoms with Crippen LogP contribution in [0.1, 0.15) is 70.1 Å². The maximum Gasteiger partial charge on any atom is 0.222 e. The van der Waals surface area contributed by atoms with Gasteiger partial charge in [0.1, 0.15) is 0 Å². The van der Waals surface area contributed by atoms with Gasteiger partial charge in [0, 0.05) is 36.4 Å². The van der Waals surface area contributed by atoms with Crippen molar-refractivity contribution < 1.29 is 4.79 Å². The van der Waals surface area contributed by atoms with Gasteiger partial charge in [-0.05, 0) is 42.7 Å². The Hall–Kier alpha value is -1.74. The van der Waals surface area contributed by atoms with Gasteiger partial charge in [0.05, 0.1) is 6.54 Å². The summed E-state index contributed by atoms with van der Waals surface area (Å²) in [6.07, 6.45) is 9.42. The molecular formula is C23H33ClN2O. The molecule has 27 heavy (non-hydrogen) atoms. The summed E-state index contributed by atoms with van der Waals surface area (Å²) in [5.74, 6) is 0.287. The average Bonchev–Trinajstić information content (AvgIpc) is 3.08. The van der Waals surface area contributed by atoms with E-state index in [1.807, 2.05) is 18.2 Å². The Labute approximate surface area is 169 Å². The number of hydrogen-bond acceptors (Lipinski definition) is 1. The zero-order valence-corrected chi connectivity index (χ0v) is 17.5. The van der Waals surface area contributed by atoms with Gasteiger partial charge in [-0.2, -0.15) is 0 Å². The van der Waals surface area contributed by atoms with E-state index < -0.39 is 0 Å². The zero-order valence-electron chi connectivity index (χ0n) is 16.8. The Morgan fingerprint density at radius 1 is 1.04 bits per heavy atom. The molecule has 0 bridgehead atoms. The van der Waals surface area contributed by atoms with Crippen molar-refractivity contribution in [3.63, 3.8) is 0 Å². The maximum atomic E-state index is 12.8. The lowest BCUT2D eigenvalue weighted by Gasteiger charge is -2.24. The Balaban J connectivity index is 2.05. The molecule has 2 rings (SSSR count). The smallest absolute Gasteiger partial charge is 0.222 e. The van der Waals surface area contributed by atoms with E-state index in [0.29, 0.717) is 13.0 Å². The maximum absolute atomic E-state index is 12.8. The van der Waals surface area contributed by atoms with Gasteiger partial charge in [-0.1, -0.05) is 63.3 Å². The third-order valence-corrected chi connectivity index (χ3v) is 5.13. The predicted molar refractivity (Wildman–Crippen MR) is 114 cm³/mol. The largest absolute Gasteiger partial charge is 0.345 e. The van der Waals surface area contributed by atoms with Crippen LogP contribution in [0, 0.1) is 0 Å². The molecule has 0 aliphatic heterocycles. The molecule has 4 heteroatoms. The topological polar surface area (TPSA) is 25.2 Å². The molecule has 0 radical (unpaired) electrons. The molecule has 2 aromatic rings. The summed E-state index contributed by atoms with van der Waals surface area (Å²) >= 11 is 6.12. The molecule has 0 unspecified atom stereocenters. The summed E-state index contributed by atoms with van der Waals surface area (Å²) in [7, 11) is 0. The number of rotatable bonds is 12. The van der Waals surface area contributed by atoms with Crippen LogP contribution >= 0.6 is 11.6 Å². The molecule has 0 spiro atoms. The van der Waals surface area contributed by atoms with Crippen LogP contribution in [0.5, 0.6) is 0 Å². The highest BCUT2D eigenvalue weighted by Gasteiger charge is 2.15. The van der Waals surface area contributed by atoms with Crippen LogP contribution in [0.4, 0.5) is 0 Å². The van der Waals surface area contributed by atoms with Crippen LogP contribution in [0.2, 0.25) is 5.02 Å². The number of unbranched alkanes of at least 4 members (excludes halogenated alkanes) is 4. The Kier molecular flexibility index (Phi) is 9.47. The summed E-state index contributed by atoms with van der Waals surface area (Å²) < 4.78 is 2.22. The summed E-state index contributed by atoms with van der Waals surface area (Å²) in [4.78, 5) is 14.8. The number of amides is 1. The number of benzene rings is 1. The molecule has 1 amide bonds. The third-order valence-electron chi connectivity index (χ3n) is 4.90. The lowest BCUT2D eigenvalue weighted by atomic mass is 10.1. The zero-order chi connectivity index (χ0) is 19.5. The van der Waals surface area contributed by atoms with E-state index in [-0.39, 0.29) is 5.91 Å². The highest BCUT2D eigenvalue weighted by Crippen LogP contribution is 2.16. The van der Waals surface area contributed by atoms with Crippen LogP contribution in [0.3, 0.4) is 0 Å². The Morgan fingerprint density at radius 3 is 2.56 bits per heavy atom. The fourth-order valence-corrected chi connectivity index (χ4v) is 3.52. The second-order valence-corrected chi connectivity index (χ2v) is 7.67. The number of halogens is 1. The van der Waals surface area contributed by atoms with E-state index in [9.17, 15) is 4.79 Å². The molecule has 0 fully saturated rings. The molecule has 148 valence electrons. The van der Waals surface area contributed by atoms with Crippen molar-refractivity contribution in [2.24, 2.45) is 0 Å². The first kappa shape index (κ1) is 21.6. The molecular weight excluding hydrogens is 356 g/mol. The van der Waals surface area contributed by atoms with Gasteiger partial charge in [0.2, 0.25) is 5.91 Å². The first-order chi connectivity index (χ1) is 13.1. The number of carbonyl (C=O) groups is 1. The minimum absolute atomic E-state index is 0.287. The first-order valence-corrected chi connectivity index (χ1v) is 10.7. The number of aromatic nitrogens is 1. The van der Waals surface area contributed by atoms with E-state index in [4.69, 9.17) is 11.6 Å². The number of nitrogens with zero attached hydrogens (tertiary/aromatic N) is 2. The minimum Gasteiger partial charge on any atom is -0.345 e. The monoisotopic (exact) mass is 388 g/mol. The average molecular weight is 389 g/mol. The SMILES string of the molecule is CCCCCC(=O)N(CCCCC)Cc1cccn1Cc1cccc(Cl)c1. The van der Waals surface area contributed by atoms with Crippen molar-refractivity contribution in [1.29, 1.82) is 0 Å². The predicted octanol–water partition coefficient (Wildman–Crippen LogP) is 6.29. The van der Waals surface area contributed by atoms with Crippen LogP contribution in [-0.4, -0.2) is 21.9 Å². The first-order valence-electron chi connectivity index (χ1n) is 10.3. The second kappa shape index (κ2) is 11.9. The van der Waals surface area contributed by atoms with Gasteiger partial charge in [-0.15, -0.1) is 0 Å². The lowest BCUT2D eigenvalue weighted by Crippen LogP contribution is -2.32. The number of carbonyl (C=O) groups excluding carboxylic acids is 1. The summed E-state index contributed by atoms with van der Waals surface area (Å²) in [5, 5.41) is 0.758. The standard InChI is InChI=1S/C23H33ClN2O/c1-3-5-7-14-23(27)26(15-8-6-4-2)19-22-13-10-16-25(22)18-20-11-9-12-21(24)17-20/h9-13,16-17H,3-8,14-15,18-19H2,1-2H3. The highest BCUT2D eigenvalue weighted by molar-refractivity contribution is 6.30. The van der Waals surface area contributed by atoms with Crippen LogP contribution < -0.4 is 0 Å². The van der Waals surface area contributed by atoms with Crippen molar-refractivity contribution in [2.45, 2.75) is 71.9 Å². The van der Waals surface area contributed by atoms with Crippen molar-refractivity contribution in [3.8, 4) is 0 Å². The highest BCUT2D eigenvalue weighted by atomic mass is 35.5. The number of hydrogen-bond donors (Lipinski definition) is 0. The van der Waals surface area contributed by atoms with E-state index in [2.05, 4.69) is 47.7 Å². The molecule has 0 saturated heterocycles. The van der Waals surface area contributed by atoms with Crippen molar-refractivity contribution in [1.82, 2.24) is 9.47 Å². The van der Waals surface area contributed by atoms with Crippen molar-refractivity contribution in [2.75, 3.05) is 6.54 Å². The minimum atomic E-state index is 0.287. The Morgan fingerprint density at radius 2 is 1.81 bits per heavy atom. The molecule has 0 atom stereocenters. The summed E-state index contributed by atoms with van der Waals surface area (Å²) in [5.41, 5.74) is 2.35. The normalized spacial score (nSPS) is 10.9. The summed E-state index contributed by atoms with van der Waals surface area (Å²) in [6, 6.07) is 12.1. The lowest BCUT2D eigenvalue weighted by molar-refractivity contribution is -0.132. The molecule has 0 aliphatic carbocycles. The van der Waals surface area contributed by atoms with Gasteiger partial charge >= 0.3 is 0 Å².